The van der Waals surface area contributed by atoms with Gasteiger partial charge in [-0.1, -0.05) is 17.9 Å². The van der Waals surface area contributed by atoms with Gasteiger partial charge in [0, 0.05) is 6.61 Å². The van der Waals surface area contributed by atoms with Gasteiger partial charge in [-0.15, -0.1) is 0 Å². The van der Waals surface area contributed by atoms with Gasteiger partial charge in [-0.2, -0.15) is 0 Å². The molecule has 1 rings (SSSR count). The van der Waals surface area contributed by atoms with E-state index < -0.39 is 0 Å². The minimum atomic E-state index is -0.176. The predicted octanol–water partition coefficient (Wildman–Crippen LogP) is 2.53. The zero-order chi connectivity index (χ0) is 9.03. The largest absolute Gasteiger partial charge is 0.363 e. The fourth-order valence-corrected chi connectivity index (χ4v) is 1.18. The molecule has 0 bridgehead atoms. The lowest BCUT2D eigenvalue weighted by atomic mass is 10.0. The van der Waals surface area contributed by atoms with E-state index in [2.05, 4.69) is 18.8 Å². The minimum absolute atomic E-state index is 0.176. The van der Waals surface area contributed by atoms with E-state index in [1.54, 1.807) is 0 Å². The van der Waals surface area contributed by atoms with E-state index in [1.165, 1.54) is 0 Å². The summed E-state index contributed by atoms with van der Waals surface area (Å²) >= 11 is 0. The lowest BCUT2D eigenvalue weighted by Crippen LogP contribution is -2.19. The molecular weight excluding hydrogens is 148 g/mol. The van der Waals surface area contributed by atoms with Crippen molar-refractivity contribution in [3.63, 3.8) is 0 Å². The van der Waals surface area contributed by atoms with Crippen LogP contribution in [0.4, 0.5) is 0 Å². The first-order valence-electron chi connectivity index (χ1n) is 4.46. The summed E-state index contributed by atoms with van der Waals surface area (Å²) in [6.45, 7) is 6.95. The van der Waals surface area contributed by atoms with Crippen molar-refractivity contribution in [3.8, 4) is 11.8 Å². The molecule has 1 fully saturated rings. The third kappa shape index (κ3) is 2.39. The van der Waals surface area contributed by atoms with Gasteiger partial charge < -0.3 is 4.74 Å². The van der Waals surface area contributed by atoms with Gasteiger partial charge in [0.15, 0.2) is 0 Å². The van der Waals surface area contributed by atoms with Crippen LogP contribution in [0.5, 0.6) is 0 Å². The number of rotatable bonds is 0. The molecule has 0 radical (unpaired) electrons. The Morgan fingerprint density at radius 2 is 2.33 bits per heavy atom. The van der Waals surface area contributed by atoms with Crippen molar-refractivity contribution in [2.75, 3.05) is 6.61 Å². The van der Waals surface area contributed by atoms with E-state index >= 15 is 0 Å². The average Bonchev–Trinajstić information content (AvgIpc) is 2.49. The second-order valence-electron chi connectivity index (χ2n) is 3.40. The number of allylic oxidation sites excluding steroid dienone is 2. The first-order valence-corrected chi connectivity index (χ1v) is 4.46. The summed E-state index contributed by atoms with van der Waals surface area (Å²) < 4.78 is 5.53. The molecule has 1 aliphatic heterocycles. The van der Waals surface area contributed by atoms with Crippen LogP contribution in [0.25, 0.3) is 0 Å². The highest BCUT2D eigenvalue weighted by Gasteiger charge is 2.26. The normalized spacial score (nSPS) is 29.8. The van der Waals surface area contributed by atoms with Crippen molar-refractivity contribution in [1.29, 1.82) is 0 Å². The Kier molecular flexibility index (Phi) is 2.94. The Bertz CT molecular complexity index is 233. The highest BCUT2D eigenvalue weighted by Crippen LogP contribution is 2.23. The Labute approximate surface area is 74.8 Å². The summed E-state index contributed by atoms with van der Waals surface area (Å²) in [6, 6.07) is 0. The molecule has 0 aromatic rings. The van der Waals surface area contributed by atoms with Crippen molar-refractivity contribution >= 4 is 0 Å². The number of hydrogen-bond acceptors (Lipinski definition) is 1. The third-order valence-electron chi connectivity index (χ3n) is 2.18. The molecule has 1 aliphatic rings. The molecule has 1 nitrogen and oxygen atoms in total. The van der Waals surface area contributed by atoms with Crippen molar-refractivity contribution < 1.29 is 4.74 Å². The molecule has 0 aliphatic carbocycles. The molecule has 1 heterocycles. The molecular formula is C11H16O. The van der Waals surface area contributed by atoms with Gasteiger partial charge in [0.25, 0.3) is 0 Å². The SMILES string of the molecule is C/C=C(\C)C#CC1(C)CCCO1. The Hall–Kier alpha value is -0.740. The first kappa shape index (κ1) is 9.35. The van der Waals surface area contributed by atoms with Crippen molar-refractivity contribution in [1.82, 2.24) is 0 Å². The summed E-state index contributed by atoms with van der Waals surface area (Å²) in [5.74, 6) is 6.27. The number of ether oxygens (including phenoxy) is 1. The summed E-state index contributed by atoms with van der Waals surface area (Å²) in [5, 5.41) is 0. The van der Waals surface area contributed by atoms with Gasteiger partial charge >= 0.3 is 0 Å². The van der Waals surface area contributed by atoms with E-state index in [4.69, 9.17) is 4.74 Å². The van der Waals surface area contributed by atoms with Crippen LogP contribution in [0.3, 0.4) is 0 Å². The summed E-state index contributed by atoms with van der Waals surface area (Å²) in [6.07, 6.45) is 4.22. The van der Waals surface area contributed by atoms with E-state index in [0.29, 0.717) is 0 Å². The maximum Gasteiger partial charge on any atom is 0.126 e. The standard InChI is InChI=1S/C11H16O/c1-4-10(2)6-8-11(3)7-5-9-12-11/h4H,5,7,9H2,1-3H3/b10-4+. The summed E-state index contributed by atoms with van der Waals surface area (Å²) in [5.41, 5.74) is 0.941. The van der Waals surface area contributed by atoms with Gasteiger partial charge in [0.1, 0.15) is 5.60 Å². The van der Waals surface area contributed by atoms with Crippen LogP contribution in [0.1, 0.15) is 33.6 Å². The quantitative estimate of drug-likeness (QED) is 0.500. The van der Waals surface area contributed by atoms with Crippen LogP contribution in [0.2, 0.25) is 0 Å². The maximum atomic E-state index is 5.53. The molecule has 0 N–H and O–H groups in total. The highest BCUT2D eigenvalue weighted by molar-refractivity contribution is 5.29. The third-order valence-corrected chi connectivity index (χ3v) is 2.18. The molecule has 1 unspecified atom stereocenters. The second kappa shape index (κ2) is 3.78. The van der Waals surface area contributed by atoms with Gasteiger partial charge in [0.05, 0.1) is 0 Å². The Morgan fingerprint density at radius 1 is 1.58 bits per heavy atom. The van der Waals surface area contributed by atoms with Gasteiger partial charge in [-0.25, -0.2) is 0 Å². The topological polar surface area (TPSA) is 9.23 Å². The molecule has 1 saturated heterocycles. The van der Waals surface area contributed by atoms with Crippen LogP contribution in [0.15, 0.2) is 11.6 Å². The smallest absolute Gasteiger partial charge is 0.126 e. The zero-order valence-corrected chi connectivity index (χ0v) is 8.11. The van der Waals surface area contributed by atoms with E-state index in [9.17, 15) is 0 Å². The molecule has 0 saturated carbocycles. The first-order chi connectivity index (χ1) is 5.66. The summed E-state index contributed by atoms with van der Waals surface area (Å²) in [7, 11) is 0. The van der Waals surface area contributed by atoms with Crippen molar-refractivity contribution in [2.45, 2.75) is 39.2 Å². The molecule has 0 aromatic heterocycles. The van der Waals surface area contributed by atoms with Crippen LogP contribution in [-0.2, 0) is 4.74 Å². The van der Waals surface area contributed by atoms with Crippen LogP contribution < -0.4 is 0 Å². The molecule has 0 aromatic carbocycles. The zero-order valence-electron chi connectivity index (χ0n) is 8.11. The Balaban J connectivity index is 2.63. The van der Waals surface area contributed by atoms with E-state index in [-0.39, 0.29) is 5.60 Å². The molecule has 66 valence electrons. The molecule has 0 spiro atoms. The van der Waals surface area contributed by atoms with Gasteiger partial charge in [0.2, 0.25) is 0 Å². The van der Waals surface area contributed by atoms with Gasteiger partial charge in [-0.3, -0.25) is 0 Å². The lowest BCUT2D eigenvalue weighted by Gasteiger charge is -2.14. The molecule has 1 heteroatoms. The fraction of sp³-hybridized carbons (Fsp3) is 0.636. The maximum absolute atomic E-state index is 5.53. The monoisotopic (exact) mass is 164 g/mol. The molecule has 12 heavy (non-hydrogen) atoms. The van der Waals surface area contributed by atoms with Gasteiger partial charge in [-0.05, 0) is 39.2 Å². The Morgan fingerprint density at radius 3 is 2.83 bits per heavy atom. The van der Waals surface area contributed by atoms with Crippen molar-refractivity contribution in [3.05, 3.63) is 11.6 Å². The molecule has 1 atom stereocenters. The second-order valence-corrected chi connectivity index (χ2v) is 3.40. The van der Waals surface area contributed by atoms with Crippen LogP contribution in [-0.4, -0.2) is 12.2 Å². The molecule has 0 amide bonds. The number of hydrogen-bond donors (Lipinski definition) is 0. The van der Waals surface area contributed by atoms with Crippen LogP contribution in [0, 0.1) is 11.8 Å². The average molecular weight is 164 g/mol. The lowest BCUT2D eigenvalue weighted by molar-refractivity contribution is 0.0695. The van der Waals surface area contributed by atoms with E-state index in [1.807, 2.05) is 19.9 Å². The minimum Gasteiger partial charge on any atom is -0.363 e. The predicted molar refractivity (Wildman–Crippen MR) is 50.8 cm³/mol. The van der Waals surface area contributed by atoms with Crippen molar-refractivity contribution in [2.24, 2.45) is 0 Å². The fourth-order valence-electron chi connectivity index (χ4n) is 1.18. The van der Waals surface area contributed by atoms with E-state index in [0.717, 1.165) is 25.0 Å². The van der Waals surface area contributed by atoms with Crippen LogP contribution >= 0.6 is 0 Å². The summed E-state index contributed by atoms with van der Waals surface area (Å²) in [4.78, 5) is 0. The highest BCUT2D eigenvalue weighted by atomic mass is 16.5.